The fourth-order valence-electron chi connectivity index (χ4n) is 4.68. The molecule has 2 aromatic heterocycles. The van der Waals surface area contributed by atoms with Crippen LogP contribution in [-0.2, 0) is 10.9 Å². The molecule has 3 aromatic carbocycles. The Kier molecular flexibility index (Phi) is 6.08. The van der Waals surface area contributed by atoms with Gasteiger partial charge in [0.15, 0.2) is 0 Å². The molecular formula is C29H23F4N3O3. The molecule has 0 radical (unpaired) electrons. The third-order valence-electron chi connectivity index (χ3n) is 6.45. The predicted molar refractivity (Wildman–Crippen MR) is 138 cm³/mol. The van der Waals surface area contributed by atoms with E-state index in [1.165, 1.54) is 59.4 Å². The molecule has 39 heavy (non-hydrogen) atoms. The van der Waals surface area contributed by atoms with Crippen LogP contribution in [0.15, 0.2) is 66.9 Å². The van der Waals surface area contributed by atoms with Gasteiger partial charge in [0.1, 0.15) is 11.5 Å². The quantitative estimate of drug-likeness (QED) is 0.179. The summed E-state index contributed by atoms with van der Waals surface area (Å²) in [5, 5.41) is 4.78. The van der Waals surface area contributed by atoms with E-state index in [1.54, 1.807) is 20.8 Å². The first-order chi connectivity index (χ1) is 18.3. The van der Waals surface area contributed by atoms with Crippen molar-refractivity contribution in [2.45, 2.75) is 26.9 Å². The van der Waals surface area contributed by atoms with E-state index in [0.717, 1.165) is 23.8 Å². The summed E-state index contributed by atoms with van der Waals surface area (Å²) in [6.07, 6.45) is -3.48. The number of hydrogen-bond acceptors (Lipinski definition) is 4. The monoisotopic (exact) mass is 537 g/mol. The number of carbonyl (C=O) groups excluding carboxylic acids is 2. The van der Waals surface area contributed by atoms with Gasteiger partial charge in [-0.05, 0) is 48.0 Å². The minimum Gasteiger partial charge on any atom is -0.465 e. The zero-order valence-corrected chi connectivity index (χ0v) is 21.4. The van der Waals surface area contributed by atoms with E-state index >= 15 is 0 Å². The molecule has 5 aromatic rings. The van der Waals surface area contributed by atoms with Gasteiger partial charge in [0.25, 0.3) is 5.91 Å². The van der Waals surface area contributed by atoms with Gasteiger partial charge in [-0.25, -0.2) is 9.18 Å². The van der Waals surface area contributed by atoms with Gasteiger partial charge >= 0.3 is 12.1 Å². The lowest BCUT2D eigenvalue weighted by Crippen LogP contribution is -2.27. The van der Waals surface area contributed by atoms with E-state index in [-0.39, 0.29) is 39.2 Å². The van der Waals surface area contributed by atoms with Crippen LogP contribution in [0.3, 0.4) is 0 Å². The highest BCUT2D eigenvalue weighted by Crippen LogP contribution is 2.47. The van der Waals surface area contributed by atoms with Crippen molar-refractivity contribution in [1.29, 1.82) is 0 Å². The molecule has 0 fully saturated rings. The Bertz CT molecular complexity index is 1760. The number of esters is 1. The van der Waals surface area contributed by atoms with E-state index in [4.69, 9.17) is 4.74 Å². The molecule has 0 aliphatic carbocycles. The summed E-state index contributed by atoms with van der Waals surface area (Å²) in [5.41, 5.74) is -1.71. The van der Waals surface area contributed by atoms with Gasteiger partial charge in [0.2, 0.25) is 0 Å². The lowest BCUT2D eigenvalue weighted by molar-refractivity contribution is -0.141. The van der Waals surface area contributed by atoms with E-state index in [0.29, 0.717) is 10.9 Å². The van der Waals surface area contributed by atoms with Crippen molar-refractivity contribution in [1.82, 2.24) is 14.3 Å². The number of halogens is 4. The maximum absolute atomic E-state index is 15.0. The average Bonchev–Trinajstić information content (AvgIpc) is 3.45. The fourth-order valence-corrected chi connectivity index (χ4v) is 4.68. The van der Waals surface area contributed by atoms with E-state index in [2.05, 4.69) is 5.10 Å². The maximum Gasteiger partial charge on any atom is 0.432 e. The molecule has 6 nitrogen and oxygen atoms in total. The Hall–Kier alpha value is -4.47. The molecule has 0 saturated heterocycles. The van der Waals surface area contributed by atoms with Crippen LogP contribution in [0.25, 0.3) is 38.6 Å². The molecule has 0 saturated carbocycles. The minimum absolute atomic E-state index is 0.00454. The summed E-state index contributed by atoms with van der Waals surface area (Å²) in [7, 11) is 1.14. The summed E-state index contributed by atoms with van der Waals surface area (Å²) in [4.78, 5) is 25.8. The SMILES string of the molecule is COC(=O)c1ccccc1-c1c(C(F)(F)F)n(-c2ccc(F)cc2)c2cc3cnn(C(=O)C(C)(C)C)c3cc12. The first-order valence-electron chi connectivity index (χ1n) is 11.9. The lowest BCUT2D eigenvalue weighted by Gasteiger charge is -2.16. The Morgan fingerprint density at radius 2 is 1.59 bits per heavy atom. The first kappa shape index (κ1) is 26.1. The third kappa shape index (κ3) is 4.35. The van der Waals surface area contributed by atoms with Crippen molar-refractivity contribution in [3.05, 3.63) is 83.9 Å². The largest absolute Gasteiger partial charge is 0.465 e. The summed E-state index contributed by atoms with van der Waals surface area (Å²) in [6, 6.07) is 13.5. The van der Waals surface area contributed by atoms with Crippen LogP contribution in [0.1, 0.15) is 41.6 Å². The normalized spacial score (nSPS) is 12.3. The van der Waals surface area contributed by atoms with Crippen molar-refractivity contribution < 1.29 is 31.9 Å². The zero-order chi connectivity index (χ0) is 28.3. The van der Waals surface area contributed by atoms with E-state index in [1.807, 2.05) is 0 Å². The molecule has 0 aliphatic rings. The van der Waals surface area contributed by atoms with Gasteiger partial charge in [-0.2, -0.15) is 23.0 Å². The molecule has 2 heterocycles. The van der Waals surface area contributed by atoms with Crippen LogP contribution in [0, 0.1) is 11.2 Å². The lowest BCUT2D eigenvalue weighted by atomic mass is 9.95. The number of ether oxygens (including phenoxy) is 1. The number of nitrogens with zero attached hydrogens (tertiary/aromatic N) is 3. The van der Waals surface area contributed by atoms with Crippen LogP contribution in [0.5, 0.6) is 0 Å². The summed E-state index contributed by atoms with van der Waals surface area (Å²) < 4.78 is 65.7. The Balaban J connectivity index is 1.99. The van der Waals surface area contributed by atoms with E-state index in [9.17, 15) is 27.2 Å². The summed E-state index contributed by atoms with van der Waals surface area (Å²) >= 11 is 0. The predicted octanol–water partition coefficient (Wildman–Crippen LogP) is 7.28. The van der Waals surface area contributed by atoms with Crippen LogP contribution in [0.2, 0.25) is 0 Å². The van der Waals surface area contributed by atoms with Gasteiger partial charge in [-0.15, -0.1) is 0 Å². The smallest absolute Gasteiger partial charge is 0.432 e. The van der Waals surface area contributed by atoms with Gasteiger partial charge < -0.3 is 9.30 Å². The van der Waals surface area contributed by atoms with Crippen LogP contribution in [0.4, 0.5) is 17.6 Å². The number of fused-ring (bicyclic) bond motifs is 2. The average molecular weight is 538 g/mol. The molecule has 0 N–H and O–H groups in total. The van der Waals surface area contributed by atoms with Crippen LogP contribution < -0.4 is 0 Å². The topological polar surface area (TPSA) is 66.1 Å². The van der Waals surface area contributed by atoms with Gasteiger partial charge in [0.05, 0.1) is 29.9 Å². The second kappa shape index (κ2) is 9.07. The second-order valence-corrected chi connectivity index (χ2v) is 10.1. The van der Waals surface area contributed by atoms with Crippen molar-refractivity contribution in [3.63, 3.8) is 0 Å². The number of rotatable bonds is 3. The summed E-state index contributed by atoms with van der Waals surface area (Å²) in [6.45, 7) is 5.14. The number of alkyl halides is 3. The highest BCUT2D eigenvalue weighted by atomic mass is 19.4. The molecular weight excluding hydrogens is 514 g/mol. The maximum atomic E-state index is 15.0. The molecule has 10 heteroatoms. The van der Waals surface area contributed by atoms with Crippen molar-refractivity contribution in [2.75, 3.05) is 7.11 Å². The Morgan fingerprint density at radius 3 is 2.21 bits per heavy atom. The number of aromatic nitrogens is 3. The molecule has 0 spiro atoms. The summed E-state index contributed by atoms with van der Waals surface area (Å²) in [5.74, 6) is -1.76. The number of benzene rings is 3. The molecule has 0 atom stereocenters. The van der Waals surface area contributed by atoms with Crippen molar-refractivity contribution >= 4 is 33.7 Å². The van der Waals surface area contributed by atoms with Gasteiger partial charge in [-0.1, -0.05) is 39.0 Å². The van der Waals surface area contributed by atoms with Crippen LogP contribution >= 0.6 is 0 Å². The second-order valence-electron chi connectivity index (χ2n) is 10.1. The number of methoxy groups -OCH3 is 1. The highest BCUT2D eigenvalue weighted by Gasteiger charge is 2.41. The molecule has 5 rings (SSSR count). The van der Waals surface area contributed by atoms with Gasteiger partial charge in [-0.3, -0.25) is 4.79 Å². The fraction of sp³-hybridized carbons (Fsp3) is 0.207. The molecule has 0 unspecified atom stereocenters. The Labute approximate surface area is 220 Å². The van der Waals surface area contributed by atoms with Crippen LogP contribution in [-0.4, -0.2) is 33.3 Å². The Morgan fingerprint density at radius 1 is 0.923 bits per heavy atom. The van der Waals surface area contributed by atoms with Crippen molar-refractivity contribution in [2.24, 2.45) is 5.41 Å². The highest BCUT2D eigenvalue weighted by molar-refractivity contribution is 6.10. The number of carbonyl (C=O) groups is 2. The molecule has 0 bridgehead atoms. The third-order valence-corrected chi connectivity index (χ3v) is 6.45. The standard InChI is InChI=1S/C29H23F4N3O3/c1-28(2,3)27(38)36-22-14-21-23(13-16(22)15-34-36)35(18-11-9-17(30)10-12-18)25(29(31,32)33)24(21)19-7-5-6-8-20(19)26(37)39-4/h5-15H,1-4H3. The minimum atomic E-state index is -4.90. The molecule has 0 aliphatic heterocycles. The first-order valence-corrected chi connectivity index (χ1v) is 11.9. The number of hydrogen-bond donors (Lipinski definition) is 0. The van der Waals surface area contributed by atoms with Gasteiger partial charge in [0, 0.05) is 27.4 Å². The van der Waals surface area contributed by atoms with E-state index < -0.39 is 29.1 Å². The van der Waals surface area contributed by atoms with Crippen molar-refractivity contribution in [3.8, 4) is 16.8 Å². The molecule has 200 valence electrons. The zero-order valence-electron chi connectivity index (χ0n) is 21.4. The molecule has 0 amide bonds.